The van der Waals surface area contributed by atoms with Crippen molar-refractivity contribution in [1.82, 2.24) is 5.32 Å². The van der Waals surface area contributed by atoms with Gasteiger partial charge in [-0.15, -0.1) is 0 Å². The first-order valence-electron chi connectivity index (χ1n) is 5.98. The molecule has 0 radical (unpaired) electrons. The highest BCUT2D eigenvalue weighted by Crippen LogP contribution is 2.42. The van der Waals surface area contributed by atoms with Crippen molar-refractivity contribution >= 4 is 0 Å². The molecule has 0 spiro atoms. The lowest BCUT2D eigenvalue weighted by Crippen LogP contribution is -2.60. The number of ether oxygens (including phenoxy) is 1. The SMILES string of the molecule is OC1(c2ccc(F)cc2)C2CNCC1COC2. The molecule has 0 aliphatic carbocycles. The fourth-order valence-corrected chi connectivity index (χ4v) is 2.99. The second kappa shape index (κ2) is 4.05. The van der Waals surface area contributed by atoms with Crippen LogP contribution < -0.4 is 5.32 Å². The third-order valence-corrected chi connectivity index (χ3v) is 3.97. The average Bonchev–Trinajstić information content (AvgIpc) is 2.29. The zero-order chi connectivity index (χ0) is 11.9. The van der Waals surface area contributed by atoms with E-state index < -0.39 is 5.60 Å². The van der Waals surface area contributed by atoms with Crippen LogP contribution in [0, 0.1) is 17.7 Å². The summed E-state index contributed by atoms with van der Waals surface area (Å²) in [5.41, 5.74) is -0.0734. The Morgan fingerprint density at radius 1 is 1.18 bits per heavy atom. The fourth-order valence-electron chi connectivity index (χ4n) is 2.99. The number of piperidine rings is 1. The van der Waals surface area contributed by atoms with Crippen LogP contribution in [0.15, 0.2) is 24.3 Å². The van der Waals surface area contributed by atoms with Crippen LogP contribution in [-0.2, 0) is 10.3 Å². The number of halogens is 1. The molecule has 0 amide bonds. The van der Waals surface area contributed by atoms with Gasteiger partial charge in [0.2, 0.25) is 0 Å². The molecule has 2 bridgehead atoms. The summed E-state index contributed by atoms with van der Waals surface area (Å²) in [7, 11) is 0. The van der Waals surface area contributed by atoms with E-state index >= 15 is 0 Å². The molecule has 3 rings (SSSR count). The number of nitrogens with one attached hydrogen (secondary N) is 1. The number of hydrogen-bond donors (Lipinski definition) is 2. The quantitative estimate of drug-likeness (QED) is 0.762. The van der Waals surface area contributed by atoms with Crippen LogP contribution in [-0.4, -0.2) is 31.4 Å². The Bertz CT molecular complexity index is 384. The molecule has 0 aromatic heterocycles. The molecular formula is C13H16FNO2. The summed E-state index contributed by atoms with van der Waals surface area (Å²) in [4.78, 5) is 0. The molecule has 1 aromatic carbocycles. The Kier molecular flexibility index (Phi) is 2.65. The van der Waals surface area contributed by atoms with Crippen LogP contribution in [0.4, 0.5) is 4.39 Å². The topological polar surface area (TPSA) is 41.5 Å². The molecule has 2 unspecified atom stereocenters. The van der Waals surface area contributed by atoms with Crippen molar-refractivity contribution in [2.75, 3.05) is 26.3 Å². The molecule has 2 atom stereocenters. The van der Waals surface area contributed by atoms with Crippen molar-refractivity contribution in [2.45, 2.75) is 5.60 Å². The monoisotopic (exact) mass is 237 g/mol. The number of rotatable bonds is 1. The van der Waals surface area contributed by atoms with Crippen molar-refractivity contribution in [3.05, 3.63) is 35.6 Å². The maximum Gasteiger partial charge on any atom is 0.123 e. The van der Waals surface area contributed by atoms with Gasteiger partial charge in [-0.1, -0.05) is 12.1 Å². The Labute approximate surface area is 99.6 Å². The highest BCUT2D eigenvalue weighted by atomic mass is 19.1. The molecule has 2 aliphatic rings. The summed E-state index contributed by atoms with van der Waals surface area (Å²) >= 11 is 0. The predicted molar refractivity (Wildman–Crippen MR) is 61.0 cm³/mol. The van der Waals surface area contributed by atoms with Crippen LogP contribution in [0.25, 0.3) is 0 Å². The third-order valence-electron chi connectivity index (χ3n) is 3.97. The van der Waals surface area contributed by atoms with E-state index in [2.05, 4.69) is 5.32 Å². The van der Waals surface area contributed by atoms with Crippen LogP contribution >= 0.6 is 0 Å². The van der Waals surface area contributed by atoms with E-state index in [0.29, 0.717) is 13.2 Å². The molecule has 2 aliphatic heterocycles. The van der Waals surface area contributed by atoms with Gasteiger partial charge >= 0.3 is 0 Å². The summed E-state index contributed by atoms with van der Waals surface area (Å²) in [5, 5.41) is 14.3. The highest BCUT2D eigenvalue weighted by molar-refractivity contribution is 5.27. The minimum absolute atomic E-state index is 0.0421. The van der Waals surface area contributed by atoms with E-state index in [4.69, 9.17) is 4.74 Å². The van der Waals surface area contributed by atoms with Gasteiger partial charge in [0.15, 0.2) is 0 Å². The Morgan fingerprint density at radius 2 is 1.76 bits per heavy atom. The molecule has 2 heterocycles. The van der Waals surface area contributed by atoms with Crippen molar-refractivity contribution in [2.24, 2.45) is 11.8 Å². The fraction of sp³-hybridized carbons (Fsp3) is 0.538. The summed E-state index contributed by atoms with van der Waals surface area (Å²) in [6.45, 7) is 2.59. The number of hydrogen-bond acceptors (Lipinski definition) is 3. The molecule has 17 heavy (non-hydrogen) atoms. The van der Waals surface area contributed by atoms with Crippen molar-refractivity contribution in [1.29, 1.82) is 0 Å². The maximum absolute atomic E-state index is 13.0. The molecule has 92 valence electrons. The van der Waals surface area contributed by atoms with Gasteiger partial charge in [0.05, 0.1) is 13.2 Å². The molecule has 4 heteroatoms. The standard InChI is InChI=1S/C13H16FNO2/c14-12-3-1-9(2-4-12)13(16)10-5-15-6-11(13)8-17-7-10/h1-4,10-11,15-16H,5-8H2. The van der Waals surface area contributed by atoms with Gasteiger partial charge in [0.1, 0.15) is 11.4 Å². The van der Waals surface area contributed by atoms with Crippen LogP contribution in [0.3, 0.4) is 0 Å². The first-order valence-corrected chi connectivity index (χ1v) is 5.98. The van der Waals surface area contributed by atoms with Crippen LogP contribution in [0.5, 0.6) is 0 Å². The molecule has 2 fully saturated rings. The van der Waals surface area contributed by atoms with Gasteiger partial charge in [-0.2, -0.15) is 0 Å². The normalized spacial score (nSPS) is 36.8. The van der Waals surface area contributed by atoms with Crippen molar-refractivity contribution in [3.63, 3.8) is 0 Å². The van der Waals surface area contributed by atoms with E-state index in [1.54, 1.807) is 12.1 Å². The molecular weight excluding hydrogens is 221 g/mol. The van der Waals surface area contributed by atoms with Gasteiger partial charge in [-0.05, 0) is 17.7 Å². The van der Waals surface area contributed by atoms with E-state index in [1.807, 2.05) is 0 Å². The zero-order valence-corrected chi connectivity index (χ0v) is 9.53. The molecule has 0 saturated carbocycles. The van der Waals surface area contributed by atoms with Crippen molar-refractivity contribution < 1.29 is 14.2 Å². The van der Waals surface area contributed by atoms with E-state index in [9.17, 15) is 9.50 Å². The lowest BCUT2D eigenvalue weighted by Gasteiger charge is -2.49. The molecule has 1 aromatic rings. The zero-order valence-electron chi connectivity index (χ0n) is 9.53. The third kappa shape index (κ3) is 1.68. The first-order chi connectivity index (χ1) is 8.21. The van der Waals surface area contributed by atoms with Gasteiger partial charge in [-0.25, -0.2) is 4.39 Å². The van der Waals surface area contributed by atoms with Gasteiger partial charge < -0.3 is 15.2 Å². The largest absolute Gasteiger partial charge is 0.384 e. The predicted octanol–water partition coefficient (Wildman–Crippen LogP) is 0.879. The number of aliphatic hydroxyl groups is 1. The lowest BCUT2D eigenvalue weighted by atomic mass is 9.69. The summed E-state index contributed by atoms with van der Waals surface area (Å²) < 4.78 is 18.5. The lowest BCUT2D eigenvalue weighted by molar-refractivity contribution is -0.174. The Balaban J connectivity index is 2.00. The van der Waals surface area contributed by atoms with Crippen molar-refractivity contribution in [3.8, 4) is 0 Å². The number of fused-ring (bicyclic) bond motifs is 2. The van der Waals surface area contributed by atoms with Gasteiger partial charge in [0, 0.05) is 24.9 Å². The van der Waals surface area contributed by atoms with E-state index in [1.165, 1.54) is 12.1 Å². The van der Waals surface area contributed by atoms with Gasteiger partial charge in [0.25, 0.3) is 0 Å². The van der Waals surface area contributed by atoms with Crippen LogP contribution in [0.1, 0.15) is 5.56 Å². The Hall–Kier alpha value is -0.970. The second-order valence-electron chi connectivity index (χ2n) is 4.92. The molecule has 2 N–H and O–H groups in total. The minimum atomic E-state index is -0.878. The van der Waals surface area contributed by atoms with E-state index in [0.717, 1.165) is 18.7 Å². The van der Waals surface area contributed by atoms with Crippen LogP contribution in [0.2, 0.25) is 0 Å². The summed E-state index contributed by atoms with van der Waals surface area (Å²) in [5.74, 6) is -0.186. The summed E-state index contributed by atoms with van der Waals surface area (Å²) in [6, 6.07) is 6.19. The maximum atomic E-state index is 13.0. The second-order valence-corrected chi connectivity index (χ2v) is 4.92. The van der Waals surface area contributed by atoms with E-state index in [-0.39, 0.29) is 17.7 Å². The van der Waals surface area contributed by atoms with Gasteiger partial charge in [-0.3, -0.25) is 0 Å². The minimum Gasteiger partial charge on any atom is -0.384 e. The summed E-state index contributed by atoms with van der Waals surface area (Å²) in [6.07, 6.45) is 0. The Morgan fingerprint density at radius 3 is 2.35 bits per heavy atom. The first kappa shape index (κ1) is 11.1. The molecule has 2 saturated heterocycles. The molecule has 3 nitrogen and oxygen atoms in total. The highest BCUT2D eigenvalue weighted by Gasteiger charge is 2.50. The number of benzene rings is 1. The smallest absolute Gasteiger partial charge is 0.123 e. The average molecular weight is 237 g/mol.